The second-order valence-electron chi connectivity index (χ2n) is 4.79. The molecule has 1 atom stereocenters. The number of amides is 1. The van der Waals surface area contributed by atoms with Crippen molar-refractivity contribution < 1.29 is 4.79 Å². The molecule has 0 bridgehead atoms. The quantitative estimate of drug-likeness (QED) is 0.850. The van der Waals surface area contributed by atoms with E-state index >= 15 is 0 Å². The number of anilines is 2. The number of alkyl halides is 1. The zero-order chi connectivity index (χ0) is 15.4. The molecule has 0 spiro atoms. The van der Waals surface area contributed by atoms with Gasteiger partial charge in [-0.25, -0.2) is 0 Å². The van der Waals surface area contributed by atoms with E-state index in [1.165, 1.54) is 0 Å². The summed E-state index contributed by atoms with van der Waals surface area (Å²) in [6, 6.07) is 14.6. The van der Waals surface area contributed by atoms with Crippen LogP contribution in [0.5, 0.6) is 0 Å². The molecular formula is C16H16Cl2N2O. The van der Waals surface area contributed by atoms with Crippen LogP contribution in [0.2, 0.25) is 5.02 Å². The molecule has 3 nitrogen and oxygen atoms in total. The van der Waals surface area contributed by atoms with Crippen LogP contribution in [0.3, 0.4) is 0 Å². The molecule has 1 amide bonds. The predicted octanol–water partition coefficient (Wildman–Crippen LogP) is 4.32. The zero-order valence-electron chi connectivity index (χ0n) is 11.8. The lowest BCUT2D eigenvalue weighted by molar-refractivity contribution is -0.116. The van der Waals surface area contributed by atoms with Crippen molar-refractivity contribution in [2.45, 2.75) is 5.38 Å². The first-order chi connectivity index (χ1) is 10.0. The van der Waals surface area contributed by atoms with E-state index in [1.807, 2.05) is 49.3 Å². The Labute approximate surface area is 134 Å². The topological polar surface area (TPSA) is 32.3 Å². The number of nitrogens with one attached hydrogen (secondary N) is 1. The highest BCUT2D eigenvalue weighted by Crippen LogP contribution is 2.33. The Morgan fingerprint density at radius 2 is 1.76 bits per heavy atom. The van der Waals surface area contributed by atoms with Gasteiger partial charge in [-0.15, -0.1) is 11.6 Å². The third kappa shape index (κ3) is 3.69. The number of para-hydroxylation sites is 1. The fourth-order valence-corrected chi connectivity index (χ4v) is 2.58. The van der Waals surface area contributed by atoms with Crippen molar-refractivity contribution >= 4 is 40.5 Å². The molecule has 1 N–H and O–H groups in total. The summed E-state index contributed by atoms with van der Waals surface area (Å²) in [7, 11) is 3.73. The van der Waals surface area contributed by atoms with E-state index in [0.717, 1.165) is 11.3 Å². The van der Waals surface area contributed by atoms with Crippen LogP contribution in [0.4, 0.5) is 11.4 Å². The molecule has 2 rings (SSSR count). The number of benzene rings is 2. The van der Waals surface area contributed by atoms with Crippen molar-refractivity contribution in [2.24, 2.45) is 0 Å². The minimum atomic E-state index is -0.750. The molecule has 0 radical (unpaired) electrons. The van der Waals surface area contributed by atoms with Crippen LogP contribution in [0.25, 0.3) is 0 Å². The van der Waals surface area contributed by atoms with E-state index < -0.39 is 5.38 Å². The highest BCUT2D eigenvalue weighted by Gasteiger charge is 2.19. The standard InChI is InChI=1S/C16H16Cl2N2O/c1-20(2)15-12(17)9-6-10-13(15)19-16(21)14(18)11-7-4-3-5-8-11/h3-10,14H,1-2H3,(H,19,21). The van der Waals surface area contributed by atoms with E-state index in [9.17, 15) is 4.79 Å². The number of rotatable bonds is 4. The Morgan fingerprint density at radius 1 is 1.10 bits per heavy atom. The third-order valence-corrected chi connectivity index (χ3v) is 3.77. The lowest BCUT2D eigenvalue weighted by Crippen LogP contribution is -2.20. The summed E-state index contributed by atoms with van der Waals surface area (Å²) in [4.78, 5) is 14.1. The van der Waals surface area contributed by atoms with E-state index in [1.54, 1.807) is 18.2 Å². The van der Waals surface area contributed by atoms with Gasteiger partial charge < -0.3 is 10.2 Å². The number of hydrogen-bond donors (Lipinski definition) is 1. The van der Waals surface area contributed by atoms with E-state index in [4.69, 9.17) is 23.2 Å². The fraction of sp³-hybridized carbons (Fsp3) is 0.188. The molecule has 0 saturated heterocycles. The van der Waals surface area contributed by atoms with Crippen molar-refractivity contribution in [2.75, 3.05) is 24.3 Å². The second-order valence-corrected chi connectivity index (χ2v) is 5.64. The van der Waals surface area contributed by atoms with Crippen LogP contribution in [0.1, 0.15) is 10.9 Å². The summed E-state index contributed by atoms with van der Waals surface area (Å²) in [6.45, 7) is 0. The summed E-state index contributed by atoms with van der Waals surface area (Å²) in [5.41, 5.74) is 2.15. The molecule has 0 saturated carbocycles. The highest BCUT2D eigenvalue weighted by molar-refractivity contribution is 6.35. The van der Waals surface area contributed by atoms with Gasteiger partial charge in [0.15, 0.2) is 0 Å². The number of halogens is 2. The van der Waals surface area contributed by atoms with Crippen LogP contribution in [0, 0.1) is 0 Å². The van der Waals surface area contributed by atoms with Gasteiger partial charge in [0.05, 0.1) is 16.4 Å². The first-order valence-corrected chi connectivity index (χ1v) is 7.28. The molecule has 0 aliphatic heterocycles. The minimum absolute atomic E-state index is 0.284. The fourth-order valence-electron chi connectivity index (χ4n) is 2.04. The molecule has 0 heterocycles. The third-order valence-electron chi connectivity index (χ3n) is 3.01. The number of nitrogens with zero attached hydrogens (tertiary/aromatic N) is 1. The number of carbonyl (C=O) groups is 1. The molecule has 2 aromatic carbocycles. The Kier molecular flexibility index (Phi) is 5.10. The molecule has 2 aromatic rings. The Morgan fingerprint density at radius 3 is 2.38 bits per heavy atom. The molecular weight excluding hydrogens is 307 g/mol. The Balaban J connectivity index is 2.23. The van der Waals surface area contributed by atoms with Crippen molar-refractivity contribution in [1.82, 2.24) is 0 Å². The maximum atomic E-state index is 12.3. The SMILES string of the molecule is CN(C)c1c(Cl)cccc1NC(=O)C(Cl)c1ccccc1. The van der Waals surface area contributed by atoms with Gasteiger partial charge in [-0.2, -0.15) is 0 Å². The van der Waals surface area contributed by atoms with Crippen LogP contribution in [-0.4, -0.2) is 20.0 Å². The van der Waals surface area contributed by atoms with E-state index in [-0.39, 0.29) is 5.91 Å². The van der Waals surface area contributed by atoms with E-state index in [0.29, 0.717) is 10.7 Å². The number of carbonyl (C=O) groups excluding carboxylic acids is 1. The second kappa shape index (κ2) is 6.83. The lowest BCUT2D eigenvalue weighted by Gasteiger charge is -2.20. The maximum Gasteiger partial charge on any atom is 0.247 e. The molecule has 0 aliphatic carbocycles. The molecule has 1 unspecified atom stereocenters. The highest BCUT2D eigenvalue weighted by atomic mass is 35.5. The molecule has 0 aliphatic rings. The van der Waals surface area contributed by atoms with Crippen molar-refractivity contribution in [1.29, 1.82) is 0 Å². The summed E-state index contributed by atoms with van der Waals surface area (Å²) in [5.74, 6) is -0.284. The molecule has 5 heteroatoms. The van der Waals surface area contributed by atoms with Crippen LogP contribution in [-0.2, 0) is 4.79 Å². The summed E-state index contributed by atoms with van der Waals surface area (Å²) < 4.78 is 0. The average molecular weight is 323 g/mol. The van der Waals surface area contributed by atoms with Gasteiger partial charge in [-0.05, 0) is 17.7 Å². The molecule has 0 fully saturated rings. The predicted molar refractivity (Wildman–Crippen MR) is 89.4 cm³/mol. The zero-order valence-corrected chi connectivity index (χ0v) is 13.3. The normalized spacial score (nSPS) is 11.8. The molecule has 110 valence electrons. The Hall–Kier alpha value is -1.71. The van der Waals surface area contributed by atoms with Gasteiger partial charge in [0.2, 0.25) is 5.91 Å². The van der Waals surface area contributed by atoms with E-state index in [2.05, 4.69) is 5.32 Å². The average Bonchev–Trinajstić information content (AvgIpc) is 2.47. The smallest absolute Gasteiger partial charge is 0.247 e. The first kappa shape index (κ1) is 15.7. The van der Waals surface area contributed by atoms with Crippen LogP contribution >= 0.6 is 23.2 Å². The van der Waals surface area contributed by atoms with Gasteiger partial charge in [-0.3, -0.25) is 4.79 Å². The Bertz CT molecular complexity index is 629. The largest absolute Gasteiger partial charge is 0.375 e. The van der Waals surface area contributed by atoms with Gasteiger partial charge in [0.1, 0.15) is 5.38 Å². The van der Waals surface area contributed by atoms with Crippen molar-refractivity contribution in [3.05, 3.63) is 59.1 Å². The van der Waals surface area contributed by atoms with Crippen LogP contribution < -0.4 is 10.2 Å². The summed E-state index contributed by atoms with van der Waals surface area (Å²) in [5, 5.41) is 2.66. The minimum Gasteiger partial charge on any atom is -0.375 e. The van der Waals surface area contributed by atoms with Gasteiger partial charge in [-0.1, -0.05) is 48.0 Å². The monoisotopic (exact) mass is 322 g/mol. The summed E-state index contributed by atoms with van der Waals surface area (Å²) in [6.07, 6.45) is 0. The maximum absolute atomic E-state index is 12.3. The van der Waals surface area contributed by atoms with Crippen molar-refractivity contribution in [3.8, 4) is 0 Å². The van der Waals surface area contributed by atoms with Gasteiger partial charge in [0, 0.05) is 14.1 Å². The lowest BCUT2D eigenvalue weighted by atomic mass is 10.1. The van der Waals surface area contributed by atoms with Gasteiger partial charge >= 0.3 is 0 Å². The van der Waals surface area contributed by atoms with Crippen molar-refractivity contribution in [3.63, 3.8) is 0 Å². The molecule has 21 heavy (non-hydrogen) atoms. The first-order valence-electron chi connectivity index (χ1n) is 6.46. The van der Waals surface area contributed by atoms with Gasteiger partial charge in [0.25, 0.3) is 0 Å². The summed E-state index contributed by atoms with van der Waals surface area (Å²) >= 11 is 12.4. The molecule has 0 aromatic heterocycles. The number of hydrogen-bond acceptors (Lipinski definition) is 2. The van der Waals surface area contributed by atoms with Crippen LogP contribution in [0.15, 0.2) is 48.5 Å².